The fourth-order valence-corrected chi connectivity index (χ4v) is 6.29. The fraction of sp³-hybridized carbons (Fsp3) is 0.300. The Morgan fingerprint density at radius 2 is 2.10 bits per heavy atom. The van der Waals surface area contributed by atoms with Gasteiger partial charge in [-0.1, -0.05) is 0 Å². The quantitative estimate of drug-likeness (QED) is 0.699. The van der Waals surface area contributed by atoms with Crippen LogP contribution in [0.5, 0.6) is 0 Å². The van der Waals surface area contributed by atoms with Gasteiger partial charge in [0, 0.05) is 24.7 Å². The van der Waals surface area contributed by atoms with Crippen molar-refractivity contribution in [1.29, 1.82) is 0 Å². The molecule has 0 saturated heterocycles. The molecule has 1 saturated carbocycles. The Hall–Kier alpha value is -3.08. The summed E-state index contributed by atoms with van der Waals surface area (Å²) in [4.78, 5) is 20.5. The van der Waals surface area contributed by atoms with E-state index in [9.17, 15) is 22.2 Å². The maximum absolute atomic E-state index is 15.0. The number of anilines is 1. The molecular formula is C20H20F3N5O2S. The van der Waals surface area contributed by atoms with Crippen LogP contribution in [0.15, 0.2) is 41.5 Å². The largest absolute Gasteiger partial charge is 0.369 e. The Bertz CT molecular complexity index is 1190. The van der Waals surface area contributed by atoms with Gasteiger partial charge in [0.2, 0.25) is 5.96 Å². The molecule has 0 spiro atoms. The summed E-state index contributed by atoms with van der Waals surface area (Å²) in [6.07, 6.45) is -0.808. The van der Waals surface area contributed by atoms with Crippen LogP contribution in [0, 0.1) is 11.6 Å². The molecule has 0 bridgehead atoms. The molecule has 31 heavy (non-hydrogen) atoms. The average molecular weight is 451 g/mol. The number of carbonyl (C=O) groups is 1. The van der Waals surface area contributed by atoms with E-state index in [4.69, 9.17) is 5.73 Å². The molecule has 1 aromatic heterocycles. The number of pyridine rings is 1. The van der Waals surface area contributed by atoms with Crippen LogP contribution >= 0.6 is 0 Å². The zero-order valence-corrected chi connectivity index (χ0v) is 17.3. The van der Waals surface area contributed by atoms with Crippen LogP contribution in [0.1, 0.15) is 28.9 Å². The molecule has 1 fully saturated rings. The molecule has 4 rings (SSSR count). The Balaban J connectivity index is 1.77. The van der Waals surface area contributed by atoms with Gasteiger partial charge in [0.25, 0.3) is 5.91 Å². The molecule has 4 unspecified atom stereocenters. The van der Waals surface area contributed by atoms with Crippen LogP contribution in [0.2, 0.25) is 0 Å². The lowest BCUT2D eigenvalue weighted by Gasteiger charge is -2.42. The van der Waals surface area contributed by atoms with Crippen LogP contribution in [-0.2, 0) is 15.2 Å². The number of fused-ring (bicyclic) bond motifs is 1. The SMILES string of the molecule is C=S1(=O)C2CC(F)CC2(c2cc(NC(=O)c3ccc(F)cn3)ccc2F)N=C(N)N1C. The van der Waals surface area contributed by atoms with Gasteiger partial charge in [-0.05, 0) is 42.6 Å². The highest BCUT2D eigenvalue weighted by Gasteiger charge is 2.57. The first-order chi connectivity index (χ1) is 14.5. The third kappa shape index (κ3) is 3.42. The Labute approximate surface area is 177 Å². The predicted octanol–water partition coefficient (Wildman–Crippen LogP) is 2.20. The number of rotatable bonds is 3. The number of nitrogens with one attached hydrogen (secondary N) is 1. The summed E-state index contributed by atoms with van der Waals surface area (Å²) in [6, 6.07) is 6.03. The van der Waals surface area contributed by atoms with Crippen molar-refractivity contribution < 1.29 is 22.2 Å². The van der Waals surface area contributed by atoms with Crippen molar-refractivity contribution in [3.05, 3.63) is 59.4 Å². The maximum atomic E-state index is 15.0. The Kier molecular flexibility index (Phi) is 4.95. The van der Waals surface area contributed by atoms with Crippen molar-refractivity contribution >= 4 is 33.1 Å². The van der Waals surface area contributed by atoms with Crippen molar-refractivity contribution in [2.24, 2.45) is 10.7 Å². The molecular weight excluding hydrogens is 431 g/mol. The van der Waals surface area contributed by atoms with Gasteiger partial charge in [-0.2, -0.15) is 0 Å². The molecule has 2 aliphatic rings. The average Bonchev–Trinajstić information content (AvgIpc) is 3.06. The molecule has 0 radical (unpaired) electrons. The van der Waals surface area contributed by atoms with E-state index in [0.29, 0.717) is 0 Å². The van der Waals surface area contributed by atoms with E-state index in [1.165, 1.54) is 29.6 Å². The summed E-state index contributed by atoms with van der Waals surface area (Å²) in [5.41, 5.74) is 4.53. The first-order valence-electron chi connectivity index (χ1n) is 9.37. The van der Waals surface area contributed by atoms with E-state index >= 15 is 0 Å². The Morgan fingerprint density at radius 1 is 1.35 bits per heavy atom. The van der Waals surface area contributed by atoms with Gasteiger partial charge in [-0.3, -0.25) is 9.10 Å². The number of alkyl halides is 1. The number of amides is 1. The Morgan fingerprint density at radius 3 is 2.77 bits per heavy atom. The van der Waals surface area contributed by atoms with Crippen molar-refractivity contribution in [1.82, 2.24) is 9.29 Å². The molecule has 1 aliphatic carbocycles. The number of aromatic nitrogens is 1. The third-order valence-corrected chi connectivity index (χ3v) is 8.32. The minimum Gasteiger partial charge on any atom is -0.369 e. The fourth-order valence-electron chi connectivity index (χ4n) is 4.16. The van der Waals surface area contributed by atoms with Crippen LogP contribution in [0.4, 0.5) is 18.9 Å². The van der Waals surface area contributed by atoms with Crippen LogP contribution in [-0.4, -0.2) is 49.7 Å². The second-order valence-electron chi connectivity index (χ2n) is 7.62. The minimum atomic E-state index is -3.09. The lowest BCUT2D eigenvalue weighted by atomic mass is 9.87. The monoisotopic (exact) mass is 451 g/mol. The van der Waals surface area contributed by atoms with Gasteiger partial charge in [0.05, 0.1) is 21.2 Å². The summed E-state index contributed by atoms with van der Waals surface area (Å²) in [5, 5.41) is 1.64. The van der Waals surface area contributed by atoms with Gasteiger partial charge >= 0.3 is 0 Å². The highest BCUT2D eigenvalue weighted by molar-refractivity contribution is 7.99. The van der Waals surface area contributed by atoms with Crippen molar-refractivity contribution in [2.75, 3.05) is 12.4 Å². The normalized spacial score (nSPS) is 29.9. The molecule has 3 N–H and O–H groups in total. The van der Waals surface area contributed by atoms with Crippen LogP contribution in [0.25, 0.3) is 0 Å². The molecule has 1 aromatic carbocycles. The number of aliphatic imine (C=N–C) groups is 1. The third-order valence-electron chi connectivity index (χ3n) is 5.73. The van der Waals surface area contributed by atoms with E-state index in [1.807, 2.05) is 0 Å². The molecule has 11 heteroatoms. The van der Waals surface area contributed by atoms with Gasteiger partial charge in [-0.15, -0.1) is 0 Å². The highest BCUT2D eigenvalue weighted by Crippen LogP contribution is 2.50. The number of nitrogens with zero attached hydrogens (tertiary/aromatic N) is 3. The zero-order chi connectivity index (χ0) is 22.6. The highest BCUT2D eigenvalue weighted by atomic mass is 32.2. The summed E-state index contributed by atoms with van der Waals surface area (Å²) in [7, 11) is -1.64. The number of carbonyl (C=O) groups excluding carboxylic acids is 1. The number of guanidine groups is 1. The van der Waals surface area contributed by atoms with Crippen molar-refractivity contribution in [2.45, 2.75) is 29.8 Å². The second-order valence-corrected chi connectivity index (χ2v) is 10.1. The summed E-state index contributed by atoms with van der Waals surface area (Å²) < 4.78 is 57.1. The van der Waals surface area contributed by atoms with E-state index in [0.717, 1.165) is 18.3 Å². The number of hydrogen-bond donors (Lipinski definition) is 2. The van der Waals surface area contributed by atoms with Crippen LogP contribution in [0.3, 0.4) is 0 Å². The number of benzene rings is 1. The van der Waals surface area contributed by atoms with E-state index < -0.39 is 44.2 Å². The summed E-state index contributed by atoms with van der Waals surface area (Å²) in [5.74, 6) is 1.68. The minimum absolute atomic E-state index is 0.0325. The van der Waals surface area contributed by atoms with Gasteiger partial charge in [0.15, 0.2) is 0 Å². The smallest absolute Gasteiger partial charge is 0.274 e. The number of nitrogens with two attached hydrogens (primary N) is 1. The molecule has 2 aromatic rings. The zero-order valence-electron chi connectivity index (χ0n) is 16.5. The predicted molar refractivity (Wildman–Crippen MR) is 113 cm³/mol. The van der Waals surface area contributed by atoms with E-state index in [2.05, 4.69) is 21.2 Å². The van der Waals surface area contributed by atoms with Gasteiger partial charge < -0.3 is 11.1 Å². The summed E-state index contributed by atoms with van der Waals surface area (Å²) in [6.45, 7) is 0. The topological polar surface area (TPSA) is 101 Å². The first kappa shape index (κ1) is 21.2. The van der Waals surface area contributed by atoms with E-state index in [1.54, 1.807) is 0 Å². The maximum Gasteiger partial charge on any atom is 0.274 e. The molecule has 2 heterocycles. The van der Waals surface area contributed by atoms with Crippen molar-refractivity contribution in [3.8, 4) is 0 Å². The molecule has 1 amide bonds. The number of hydrogen-bond acceptors (Lipinski definition) is 5. The van der Waals surface area contributed by atoms with Crippen LogP contribution < -0.4 is 11.1 Å². The first-order valence-corrected chi connectivity index (χ1v) is 11.1. The van der Waals surface area contributed by atoms with E-state index in [-0.39, 0.29) is 35.7 Å². The van der Waals surface area contributed by atoms with Gasteiger partial charge in [0.1, 0.15) is 29.0 Å². The standard InChI is InChI=1S/C20H20F3N5O2S/c1-28-19(24)27-20(9-12(22)7-17(20)31(28,2)30)14-8-13(4-5-15(14)23)26-18(29)16-6-3-11(21)10-25-16/h3-6,8,10,12,17H,2,7,9H2,1H3,(H2,24,27)(H,26,29). The lowest BCUT2D eigenvalue weighted by Crippen LogP contribution is -2.55. The summed E-state index contributed by atoms with van der Waals surface area (Å²) >= 11 is 0. The lowest BCUT2D eigenvalue weighted by molar-refractivity contribution is 0.102. The van der Waals surface area contributed by atoms with Gasteiger partial charge in [-0.25, -0.2) is 27.4 Å². The molecule has 7 nitrogen and oxygen atoms in total. The molecule has 1 aliphatic heterocycles. The second kappa shape index (κ2) is 7.26. The number of halogens is 3. The molecule has 4 atom stereocenters. The van der Waals surface area contributed by atoms with Crippen molar-refractivity contribution in [3.63, 3.8) is 0 Å². The molecule has 164 valence electrons.